The number of amides is 4. The van der Waals surface area contributed by atoms with E-state index < -0.39 is 35.9 Å². The second kappa shape index (κ2) is 20.9. The number of hydrogen-bond donors (Lipinski definition) is 5. The van der Waals surface area contributed by atoms with Gasteiger partial charge in [-0.1, -0.05) is 70.2 Å². The number of imidazole rings is 2. The molecule has 4 fully saturated rings. The van der Waals surface area contributed by atoms with E-state index in [1.54, 1.807) is 9.80 Å². The number of nitrogens with zero attached hydrogens (tertiary/aromatic N) is 6. The van der Waals surface area contributed by atoms with E-state index in [-0.39, 0.29) is 53.5 Å². The lowest BCUT2D eigenvalue weighted by atomic mass is 9.89. The van der Waals surface area contributed by atoms with Gasteiger partial charge in [0.15, 0.2) is 11.6 Å². The molecule has 0 spiro atoms. The highest BCUT2D eigenvalue weighted by molar-refractivity contribution is 5.87. The first kappa shape index (κ1) is 50.3. The van der Waals surface area contributed by atoms with Crippen molar-refractivity contribution in [2.24, 2.45) is 11.8 Å². The molecule has 6 aromatic rings. The van der Waals surface area contributed by atoms with Gasteiger partial charge in [0.2, 0.25) is 11.8 Å². The summed E-state index contributed by atoms with van der Waals surface area (Å²) in [5, 5.41) is 14.6. The van der Waals surface area contributed by atoms with Crippen LogP contribution in [-0.2, 0) is 14.3 Å². The zero-order valence-corrected chi connectivity index (χ0v) is 42.6. The lowest BCUT2D eigenvalue weighted by molar-refractivity contribution is -0.136. The van der Waals surface area contributed by atoms with Crippen molar-refractivity contribution in [1.82, 2.24) is 40.4 Å². The summed E-state index contributed by atoms with van der Waals surface area (Å²) in [4.78, 5) is 76.1. The van der Waals surface area contributed by atoms with E-state index in [1.165, 1.54) is 24.8 Å². The summed E-state index contributed by atoms with van der Waals surface area (Å²) in [6.07, 6.45) is 3.85. The number of anilines is 2. The lowest BCUT2D eigenvalue weighted by Gasteiger charge is -2.36. The van der Waals surface area contributed by atoms with Gasteiger partial charge >= 0.3 is 12.2 Å². The number of halogens is 2. The normalized spacial score (nSPS) is 21.3. The summed E-state index contributed by atoms with van der Waals surface area (Å²) >= 11 is 0. The first-order valence-corrected chi connectivity index (χ1v) is 26.2. The minimum Gasteiger partial charge on any atom is -0.465 e. The first-order valence-electron chi connectivity index (χ1n) is 26.2. The van der Waals surface area contributed by atoms with E-state index in [9.17, 15) is 24.3 Å². The van der Waals surface area contributed by atoms with Crippen molar-refractivity contribution in [1.29, 1.82) is 0 Å². The number of benzene rings is 4. The molecule has 0 bridgehead atoms. The second-order valence-corrected chi connectivity index (χ2v) is 21.2. The Kier molecular flexibility index (Phi) is 14.2. The maximum Gasteiger partial charge on any atom is 0.407 e. The van der Waals surface area contributed by atoms with E-state index in [4.69, 9.17) is 14.7 Å². The van der Waals surface area contributed by atoms with Gasteiger partial charge in [-0.3, -0.25) is 9.59 Å². The average molecular weight is 1010 g/mol. The Morgan fingerprint density at radius 3 is 1.61 bits per heavy atom. The molecule has 0 unspecified atom stereocenters. The highest BCUT2D eigenvalue weighted by atomic mass is 19.1. The van der Waals surface area contributed by atoms with Gasteiger partial charge in [-0.2, -0.15) is 0 Å². The van der Waals surface area contributed by atoms with Gasteiger partial charge < -0.3 is 50.0 Å². The number of aromatic amines is 2. The number of fused-ring (bicyclic) bond motifs is 2. The topological polar surface area (TPSA) is 192 Å². The van der Waals surface area contributed by atoms with E-state index in [0.29, 0.717) is 80.6 Å². The molecule has 4 saturated heterocycles. The summed E-state index contributed by atoms with van der Waals surface area (Å²) < 4.78 is 38.4. The maximum absolute atomic E-state index is 16.8. The summed E-state index contributed by atoms with van der Waals surface area (Å²) in [6, 6.07) is 22.3. The molecule has 390 valence electrons. The van der Waals surface area contributed by atoms with E-state index in [2.05, 4.69) is 43.7 Å². The molecule has 10 rings (SSSR count). The summed E-state index contributed by atoms with van der Waals surface area (Å²) in [6.45, 7) is 9.44. The van der Waals surface area contributed by atoms with Crippen molar-refractivity contribution < 1.29 is 37.8 Å². The molecule has 0 radical (unpaired) electrons. The van der Waals surface area contributed by atoms with E-state index >= 15 is 8.78 Å². The van der Waals surface area contributed by atoms with Gasteiger partial charge in [0.25, 0.3) is 0 Å². The average Bonchev–Trinajstić information content (AvgIpc) is 4.26. The SMILES string of the molecule is COC(=O)N[C@H](C(=O)N1CCC[C@H]1c1nc2ccc([C@H]3CC[C@H](c4ccc5nc([C@@H]6CCCN6C(=O)[C@@H](NC(=O)O)C(C)C)[nH]c5c4)N3c3cc(F)c(N4CCC(c5ccccc5)CC4)c(F)c3)cc2[nH]1)C(C)C. The number of nitrogens with one attached hydrogen (secondary N) is 4. The largest absolute Gasteiger partial charge is 0.465 e. The Labute approximate surface area is 429 Å². The van der Waals surface area contributed by atoms with Gasteiger partial charge in [-0.25, -0.2) is 28.3 Å². The zero-order chi connectivity index (χ0) is 51.9. The molecule has 4 aliphatic rings. The Hall–Kier alpha value is -7.24. The first-order chi connectivity index (χ1) is 35.7. The molecule has 0 aliphatic carbocycles. The Morgan fingerprint density at radius 2 is 1.14 bits per heavy atom. The third-order valence-corrected chi connectivity index (χ3v) is 15.9. The molecule has 16 nitrogen and oxygen atoms in total. The van der Waals surface area contributed by atoms with Crippen LogP contribution in [-0.4, -0.2) is 104 Å². The Balaban J connectivity index is 0.968. The summed E-state index contributed by atoms with van der Waals surface area (Å²) in [5.74, 6) is -0.571. The number of H-pyrrole nitrogens is 2. The molecule has 4 amide bonds. The summed E-state index contributed by atoms with van der Waals surface area (Å²) in [5.41, 5.74) is 6.44. The van der Waals surface area contributed by atoms with Gasteiger partial charge in [0, 0.05) is 31.9 Å². The van der Waals surface area contributed by atoms with Crippen LogP contribution in [0.1, 0.15) is 137 Å². The van der Waals surface area contributed by atoms with E-state index in [0.717, 1.165) is 53.4 Å². The molecule has 18 heteroatoms. The fraction of sp³-hybridized carbons (Fsp3) is 0.464. The van der Waals surface area contributed by atoms with Crippen molar-refractivity contribution in [3.05, 3.63) is 119 Å². The third kappa shape index (κ3) is 9.82. The molecular weight excluding hydrogens is 947 g/mol. The van der Waals surface area contributed by atoms with Gasteiger partial charge in [-0.05, 0) is 122 Å². The number of rotatable bonds is 13. The van der Waals surface area contributed by atoms with Crippen LogP contribution in [0.5, 0.6) is 0 Å². The number of carboxylic acid groups (broad SMARTS) is 1. The van der Waals surface area contributed by atoms with Crippen molar-refractivity contribution in [2.45, 2.75) is 121 Å². The van der Waals surface area contributed by atoms with Crippen LogP contribution in [0.4, 0.5) is 29.7 Å². The van der Waals surface area contributed by atoms with Crippen molar-refractivity contribution >= 4 is 57.4 Å². The highest BCUT2D eigenvalue weighted by Gasteiger charge is 2.41. The van der Waals surface area contributed by atoms with Gasteiger partial charge in [0.05, 0.1) is 53.3 Å². The minimum absolute atomic E-state index is 0.0106. The fourth-order valence-electron chi connectivity index (χ4n) is 12.1. The number of hydrogen-bond acceptors (Lipinski definition) is 9. The van der Waals surface area contributed by atoms with Gasteiger partial charge in [-0.15, -0.1) is 0 Å². The predicted molar refractivity (Wildman–Crippen MR) is 278 cm³/mol. The molecule has 6 atom stereocenters. The Morgan fingerprint density at radius 1 is 0.635 bits per heavy atom. The van der Waals surface area contributed by atoms with Crippen LogP contribution >= 0.6 is 0 Å². The molecule has 2 aromatic heterocycles. The standard InChI is InChI=1S/C56H66F2N10O6/c1-31(2)48(63-55(71)72)53(69)66-23-9-13-46(66)51-59-40-17-15-35(27-42(40)61-51)44-19-20-45(68(44)37-29-38(57)50(39(58)30-37)65-25-21-34(22-26-65)33-11-7-6-8-12-33)36-16-18-41-43(28-36)62-52(60-41)47-14-10-24-67(47)54(70)49(32(3)4)64-56(73)74-5/h6-8,11-12,15-18,27-32,34,44-49,63H,9-10,13-14,19-26H2,1-5H3,(H,59,61)(H,60,62)(H,64,73)(H,71,72)/t44-,45-,46+,47+,48+,49+/m1/s1. The maximum atomic E-state index is 16.8. The van der Waals surface area contributed by atoms with Crippen molar-refractivity contribution in [3.8, 4) is 0 Å². The van der Waals surface area contributed by atoms with Crippen LogP contribution < -0.4 is 20.4 Å². The quantitative estimate of drug-likeness (QED) is 0.0744. The number of likely N-dealkylation sites (tertiary alicyclic amines) is 2. The number of alkyl carbamates (subject to hydrolysis) is 1. The predicted octanol–water partition coefficient (Wildman–Crippen LogP) is 10.2. The molecule has 4 aromatic carbocycles. The molecule has 6 heterocycles. The third-order valence-electron chi connectivity index (χ3n) is 15.9. The fourth-order valence-corrected chi connectivity index (χ4v) is 12.1. The second-order valence-electron chi connectivity index (χ2n) is 21.2. The zero-order valence-electron chi connectivity index (χ0n) is 42.6. The van der Waals surface area contributed by atoms with Crippen LogP contribution in [0.3, 0.4) is 0 Å². The monoisotopic (exact) mass is 1010 g/mol. The number of aromatic nitrogens is 4. The van der Waals surface area contributed by atoms with Crippen LogP contribution in [0, 0.1) is 23.5 Å². The lowest BCUT2D eigenvalue weighted by Crippen LogP contribution is -2.51. The van der Waals surface area contributed by atoms with Crippen molar-refractivity contribution in [3.63, 3.8) is 0 Å². The van der Waals surface area contributed by atoms with Crippen molar-refractivity contribution in [2.75, 3.05) is 43.1 Å². The molecule has 5 N–H and O–H groups in total. The number of carbonyl (C=O) groups is 4. The van der Waals surface area contributed by atoms with Gasteiger partial charge in [0.1, 0.15) is 29.4 Å². The van der Waals surface area contributed by atoms with Crippen LogP contribution in [0.15, 0.2) is 78.9 Å². The number of carbonyl (C=O) groups excluding carboxylic acids is 3. The Bertz CT molecular complexity index is 3020. The van der Waals surface area contributed by atoms with Crippen LogP contribution in [0.2, 0.25) is 0 Å². The molecular formula is C56H66F2N10O6. The highest BCUT2D eigenvalue weighted by Crippen LogP contribution is 2.49. The molecule has 0 saturated carbocycles. The smallest absolute Gasteiger partial charge is 0.407 e. The minimum atomic E-state index is -1.25. The van der Waals surface area contributed by atoms with Crippen LogP contribution in [0.25, 0.3) is 22.1 Å². The number of methoxy groups -OCH3 is 1. The molecule has 4 aliphatic heterocycles. The molecule has 74 heavy (non-hydrogen) atoms. The number of ether oxygens (including phenoxy) is 1. The number of piperidine rings is 1. The van der Waals surface area contributed by atoms with E-state index in [1.807, 2.05) is 81.1 Å². The summed E-state index contributed by atoms with van der Waals surface area (Å²) in [7, 11) is 1.27.